The van der Waals surface area contributed by atoms with Crippen molar-refractivity contribution in [1.82, 2.24) is 9.13 Å². The monoisotopic (exact) mass is 791 g/mol. The lowest BCUT2D eigenvalue weighted by Gasteiger charge is -2.11. The van der Waals surface area contributed by atoms with E-state index in [1.165, 1.54) is 11.1 Å². The van der Waals surface area contributed by atoms with E-state index >= 15 is 0 Å². The van der Waals surface area contributed by atoms with Gasteiger partial charge in [0.15, 0.2) is 0 Å². The third-order valence-electron chi connectivity index (χ3n) is 12.3. The van der Waals surface area contributed by atoms with Crippen LogP contribution in [0.3, 0.4) is 0 Å². The number of fused-ring (bicyclic) bond motifs is 6. The molecule has 0 saturated heterocycles. The summed E-state index contributed by atoms with van der Waals surface area (Å²) in [5.41, 5.74) is 15.7. The van der Waals surface area contributed by atoms with Crippen LogP contribution in [0.5, 0.6) is 0 Å². The number of aromatic nitrogens is 2. The van der Waals surface area contributed by atoms with Crippen LogP contribution in [0.15, 0.2) is 243 Å². The standard InChI is InChI=1S/C60H40N2/c1-4-13-41(14-5-1)44-23-25-47(26-24-44)52-20-12-22-59-60(52)55-40-49(32-38-58(55)62(59)51-35-29-46(30-36-51)43-17-8-3-9-18-43)48-31-37-57-54(39-48)53-19-10-11-21-56(53)61(57)50-33-27-45(28-34-50)42-15-6-2-7-16-42/h1-40H/i31D,37D,39D. The third-order valence-corrected chi connectivity index (χ3v) is 12.3. The summed E-state index contributed by atoms with van der Waals surface area (Å²) in [6.45, 7) is 0. The van der Waals surface area contributed by atoms with Crippen LogP contribution in [0, 0.1) is 0 Å². The number of rotatable bonds is 7. The molecule has 0 fully saturated rings. The SMILES string of the molecule is [2H]c1c(-c2ccc3c(c2)c2c(-c4ccc(-c5ccccc5)cc4)cccc2n3-c2ccc(-c3ccccc3)cc2)c([2H])c2c3ccccc3n(-c3ccc(-c4ccccc4)cc3)c2c1[2H]. The highest BCUT2D eigenvalue weighted by atomic mass is 15.0. The minimum atomic E-state index is 0.0313. The van der Waals surface area contributed by atoms with Gasteiger partial charge in [0.05, 0.1) is 26.2 Å². The Balaban J connectivity index is 1.06. The minimum Gasteiger partial charge on any atom is -0.309 e. The van der Waals surface area contributed by atoms with Crippen molar-refractivity contribution in [2.45, 2.75) is 0 Å². The number of hydrogen-bond donors (Lipinski definition) is 0. The summed E-state index contributed by atoms with van der Waals surface area (Å²) in [5.74, 6) is 0. The zero-order valence-electron chi connectivity index (χ0n) is 36.8. The van der Waals surface area contributed by atoms with Crippen LogP contribution in [0.2, 0.25) is 0 Å². The van der Waals surface area contributed by atoms with Gasteiger partial charge < -0.3 is 9.13 Å². The number of nitrogens with zero attached hydrogens (tertiary/aromatic N) is 2. The van der Waals surface area contributed by atoms with E-state index in [0.717, 1.165) is 83.0 Å². The molecule has 12 rings (SSSR count). The molecule has 2 aromatic heterocycles. The molecule has 0 unspecified atom stereocenters. The van der Waals surface area contributed by atoms with Crippen molar-refractivity contribution in [3.8, 4) is 67.0 Å². The molecule has 0 atom stereocenters. The van der Waals surface area contributed by atoms with Gasteiger partial charge in [-0.05, 0) is 116 Å². The Morgan fingerprint density at radius 1 is 0.274 bits per heavy atom. The van der Waals surface area contributed by atoms with Crippen molar-refractivity contribution >= 4 is 43.6 Å². The lowest BCUT2D eigenvalue weighted by Crippen LogP contribution is -1.94. The van der Waals surface area contributed by atoms with Gasteiger partial charge in [0.2, 0.25) is 0 Å². The van der Waals surface area contributed by atoms with E-state index in [4.69, 9.17) is 0 Å². The predicted molar refractivity (Wildman–Crippen MR) is 262 cm³/mol. The third kappa shape index (κ3) is 6.04. The molecule has 0 saturated carbocycles. The van der Waals surface area contributed by atoms with E-state index in [-0.39, 0.29) is 18.1 Å². The van der Waals surface area contributed by atoms with Gasteiger partial charge in [-0.1, -0.05) is 182 Å². The second kappa shape index (κ2) is 14.8. The Labute approximate surface area is 365 Å². The first-order valence-corrected chi connectivity index (χ1v) is 21.1. The van der Waals surface area contributed by atoms with Crippen molar-refractivity contribution in [1.29, 1.82) is 0 Å². The summed E-state index contributed by atoms with van der Waals surface area (Å²) < 4.78 is 33.7. The molecule has 0 bridgehead atoms. The van der Waals surface area contributed by atoms with Crippen molar-refractivity contribution in [3.05, 3.63) is 243 Å². The fourth-order valence-corrected chi connectivity index (χ4v) is 9.26. The average molecular weight is 792 g/mol. The van der Waals surface area contributed by atoms with Gasteiger partial charge in [-0.3, -0.25) is 0 Å². The first kappa shape index (κ1) is 32.6. The van der Waals surface area contributed by atoms with Gasteiger partial charge in [0.1, 0.15) is 0 Å². The molecule has 12 aromatic rings. The second-order valence-corrected chi connectivity index (χ2v) is 15.9. The highest BCUT2D eigenvalue weighted by molar-refractivity contribution is 6.17. The van der Waals surface area contributed by atoms with E-state index in [1.807, 2.05) is 60.7 Å². The highest BCUT2D eigenvalue weighted by Crippen LogP contribution is 2.42. The Bertz CT molecular complexity index is 3740. The zero-order valence-corrected chi connectivity index (χ0v) is 33.8. The minimum absolute atomic E-state index is 0.0313. The van der Waals surface area contributed by atoms with Gasteiger partial charge in [-0.2, -0.15) is 0 Å². The number of benzene rings is 10. The van der Waals surface area contributed by atoms with Gasteiger partial charge in [0.25, 0.3) is 0 Å². The molecule has 0 aliphatic carbocycles. The van der Waals surface area contributed by atoms with Crippen LogP contribution < -0.4 is 0 Å². The van der Waals surface area contributed by atoms with E-state index in [9.17, 15) is 4.11 Å². The Morgan fingerprint density at radius 2 is 0.726 bits per heavy atom. The van der Waals surface area contributed by atoms with Crippen molar-refractivity contribution in [2.24, 2.45) is 0 Å². The van der Waals surface area contributed by atoms with Gasteiger partial charge in [-0.15, -0.1) is 0 Å². The molecular weight excluding hydrogens is 749 g/mol. The fourth-order valence-electron chi connectivity index (χ4n) is 9.26. The Hall–Kier alpha value is -8.20. The first-order chi connectivity index (χ1) is 32.0. The van der Waals surface area contributed by atoms with Crippen molar-refractivity contribution in [2.75, 3.05) is 0 Å². The lowest BCUT2D eigenvalue weighted by molar-refractivity contribution is 1.18. The van der Waals surface area contributed by atoms with Crippen molar-refractivity contribution in [3.63, 3.8) is 0 Å². The maximum atomic E-state index is 9.97. The molecule has 0 aliphatic heterocycles. The van der Waals surface area contributed by atoms with Crippen LogP contribution in [0.4, 0.5) is 0 Å². The zero-order chi connectivity index (χ0) is 43.6. The maximum absolute atomic E-state index is 9.97. The van der Waals surface area contributed by atoms with Crippen LogP contribution in [-0.2, 0) is 0 Å². The molecule has 2 heterocycles. The molecule has 10 aromatic carbocycles. The molecule has 0 radical (unpaired) electrons. The summed E-state index contributed by atoms with van der Waals surface area (Å²) in [7, 11) is 0. The fraction of sp³-hybridized carbons (Fsp3) is 0. The van der Waals surface area contributed by atoms with E-state index in [0.29, 0.717) is 16.5 Å². The topological polar surface area (TPSA) is 9.86 Å². The largest absolute Gasteiger partial charge is 0.309 e. The Morgan fingerprint density at radius 3 is 1.32 bits per heavy atom. The number of hydrogen-bond acceptors (Lipinski definition) is 0. The number of para-hydroxylation sites is 1. The highest BCUT2D eigenvalue weighted by Gasteiger charge is 2.19. The maximum Gasteiger partial charge on any atom is 0.0645 e. The lowest BCUT2D eigenvalue weighted by atomic mass is 9.95. The molecule has 2 nitrogen and oxygen atoms in total. The van der Waals surface area contributed by atoms with Crippen molar-refractivity contribution < 1.29 is 4.11 Å². The average Bonchev–Trinajstić information content (AvgIpc) is 3.90. The summed E-state index contributed by atoms with van der Waals surface area (Å²) in [6, 6.07) is 78.3. The molecule has 290 valence electrons. The molecule has 0 amide bonds. The molecule has 2 heteroatoms. The van der Waals surface area contributed by atoms with Gasteiger partial charge in [-0.25, -0.2) is 0 Å². The van der Waals surface area contributed by atoms with Crippen LogP contribution in [0.1, 0.15) is 4.11 Å². The Kier molecular flexibility index (Phi) is 7.79. The molecule has 62 heavy (non-hydrogen) atoms. The summed E-state index contributed by atoms with van der Waals surface area (Å²) >= 11 is 0. The molecule has 0 spiro atoms. The normalized spacial score (nSPS) is 12.2. The van der Waals surface area contributed by atoms with Gasteiger partial charge in [0, 0.05) is 32.9 Å². The van der Waals surface area contributed by atoms with Crippen LogP contribution in [0.25, 0.3) is 111 Å². The van der Waals surface area contributed by atoms with Crippen LogP contribution in [-0.4, -0.2) is 9.13 Å². The quantitative estimate of drug-likeness (QED) is 0.152. The second-order valence-electron chi connectivity index (χ2n) is 15.9. The van der Waals surface area contributed by atoms with Crippen LogP contribution >= 0.6 is 0 Å². The van der Waals surface area contributed by atoms with Gasteiger partial charge >= 0.3 is 0 Å². The van der Waals surface area contributed by atoms with E-state index in [2.05, 4.69) is 173 Å². The smallest absolute Gasteiger partial charge is 0.0645 e. The van der Waals surface area contributed by atoms with E-state index in [1.54, 1.807) is 0 Å². The molecular formula is C60H40N2. The molecule has 0 aliphatic rings. The predicted octanol–water partition coefficient (Wildman–Crippen LogP) is 16.2. The van der Waals surface area contributed by atoms with E-state index < -0.39 is 0 Å². The first-order valence-electron chi connectivity index (χ1n) is 22.6. The summed E-state index contributed by atoms with van der Waals surface area (Å²) in [5, 5.41) is 3.65. The summed E-state index contributed by atoms with van der Waals surface area (Å²) in [6.07, 6.45) is 0. The molecule has 0 N–H and O–H groups in total. The summed E-state index contributed by atoms with van der Waals surface area (Å²) in [4.78, 5) is 0.